The lowest BCUT2D eigenvalue weighted by Crippen LogP contribution is -2.40. The highest BCUT2D eigenvalue weighted by Crippen LogP contribution is 2.26. The van der Waals surface area contributed by atoms with Crippen molar-refractivity contribution in [3.05, 3.63) is 84.0 Å². The third kappa shape index (κ3) is 4.55. The molecule has 6 nitrogen and oxygen atoms in total. The Balaban J connectivity index is 1.24. The first-order chi connectivity index (χ1) is 16.1. The van der Waals surface area contributed by atoms with Crippen molar-refractivity contribution in [2.45, 2.75) is 19.3 Å². The molecule has 3 heterocycles. The van der Waals surface area contributed by atoms with Gasteiger partial charge < -0.3 is 14.4 Å². The predicted octanol–water partition coefficient (Wildman–Crippen LogP) is 5.10. The van der Waals surface area contributed by atoms with Crippen molar-refractivity contribution in [1.29, 1.82) is 0 Å². The van der Waals surface area contributed by atoms with E-state index in [4.69, 9.17) is 4.52 Å². The van der Waals surface area contributed by atoms with Crippen LogP contribution < -0.4 is 0 Å². The largest absolute Gasteiger partial charge is 0.357 e. The van der Waals surface area contributed by atoms with Crippen LogP contribution in [0.15, 0.2) is 65.3 Å². The van der Waals surface area contributed by atoms with Crippen LogP contribution in [0.1, 0.15) is 29.2 Å². The van der Waals surface area contributed by atoms with Gasteiger partial charge in [0.1, 0.15) is 17.3 Å². The van der Waals surface area contributed by atoms with Crippen LogP contribution in [-0.4, -0.2) is 39.0 Å². The molecule has 1 saturated heterocycles. The Bertz CT molecular complexity index is 1270. The number of carbonyl (C=O) groups excluding carboxylic acids is 1. The Morgan fingerprint density at radius 3 is 2.76 bits per heavy atom. The summed E-state index contributed by atoms with van der Waals surface area (Å²) in [5, 5.41) is 3.92. The minimum absolute atomic E-state index is 0.0781. The fraction of sp³-hybridized carbons (Fsp3) is 0.240. The molecule has 0 bridgehead atoms. The van der Waals surface area contributed by atoms with Crippen LogP contribution >= 0.6 is 0 Å². The number of piperidine rings is 1. The van der Waals surface area contributed by atoms with E-state index >= 15 is 0 Å². The van der Waals surface area contributed by atoms with Crippen LogP contribution in [0.5, 0.6) is 0 Å². The lowest BCUT2D eigenvalue weighted by molar-refractivity contribution is 0.0663. The van der Waals surface area contributed by atoms with Crippen LogP contribution in [0, 0.1) is 17.6 Å². The van der Waals surface area contributed by atoms with Crippen LogP contribution in [0.3, 0.4) is 0 Å². The van der Waals surface area contributed by atoms with Gasteiger partial charge in [0.15, 0.2) is 0 Å². The van der Waals surface area contributed by atoms with Crippen molar-refractivity contribution in [3.63, 3.8) is 0 Å². The summed E-state index contributed by atoms with van der Waals surface area (Å²) in [7, 11) is 0. The smallest absolute Gasteiger partial charge is 0.270 e. The average Bonchev–Trinajstić information content (AvgIpc) is 3.50. The number of nitrogens with zero attached hydrogens (tertiary/aromatic N) is 3. The number of benzene rings is 2. The fourth-order valence-electron chi connectivity index (χ4n) is 4.25. The van der Waals surface area contributed by atoms with Gasteiger partial charge in [-0.15, -0.1) is 0 Å². The quantitative estimate of drug-likeness (QED) is 0.461. The van der Waals surface area contributed by atoms with Gasteiger partial charge in [-0.3, -0.25) is 4.79 Å². The van der Waals surface area contributed by atoms with E-state index in [0.717, 1.165) is 24.0 Å². The standard InChI is InChI=1S/C25H22F2N4O2/c26-19-9-7-17(8-10-19)18-13-22(28-14-18)25(32)31-11-3-4-16(15-31)12-23-29-24(30-33-23)20-5-1-2-6-21(20)27/h1-2,5-10,13-14,16,28H,3-4,11-12,15H2. The molecule has 1 atom stereocenters. The topological polar surface area (TPSA) is 75.0 Å². The zero-order valence-electron chi connectivity index (χ0n) is 17.8. The first kappa shape index (κ1) is 21.1. The number of hydrogen-bond acceptors (Lipinski definition) is 4. The van der Waals surface area contributed by atoms with Crippen LogP contribution in [0.4, 0.5) is 8.78 Å². The van der Waals surface area contributed by atoms with E-state index in [1.807, 2.05) is 4.90 Å². The van der Waals surface area contributed by atoms with E-state index in [-0.39, 0.29) is 23.5 Å². The first-order valence-corrected chi connectivity index (χ1v) is 10.9. The molecule has 33 heavy (non-hydrogen) atoms. The number of aromatic amines is 1. The maximum absolute atomic E-state index is 14.0. The molecule has 0 saturated carbocycles. The number of nitrogens with one attached hydrogen (secondary N) is 1. The van der Waals surface area contributed by atoms with E-state index in [1.54, 1.807) is 42.6 Å². The molecular weight excluding hydrogens is 426 g/mol. The van der Waals surface area contributed by atoms with E-state index in [9.17, 15) is 13.6 Å². The molecule has 0 aliphatic carbocycles. The summed E-state index contributed by atoms with van der Waals surface area (Å²) in [5.41, 5.74) is 2.47. The van der Waals surface area contributed by atoms with Crippen LogP contribution in [0.25, 0.3) is 22.5 Å². The number of rotatable bonds is 5. The SMILES string of the molecule is O=C(c1cc(-c2ccc(F)cc2)c[nH]1)N1CCCC(Cc2nc(-c3ccccc3F)no2)C1. The number of amides is 1. The molecule has 4 aromatic rings. The number of likely N-dealkylation sites (tertiary alicyclic amines) is 1. The lowest BCUT2D eigenvalue weighted by atomic mass is 9.94. The van der Waals surface area contributed by atoms with Gasteiger partial charge in [0, 0.05) is 25.7 Å². The first-order valence-electron chi connectivity index (χ1n) is 10.9. The van der Waals surface area contributed by atoms with Gasteiger partial charge in [-0.05, 0) is 60.2 Å². The molecule has 1 N–H and O–H groups in total. The molecular formula is C25H22F2N4O2. The summed E-state index contributed by atoms with van der Waals surface area (Å²) in [6.07, 6.45) is 4.09. The van der Waals surface area contributed by atoms with E-state index < -0.39 is 5.82 Å². The summed E-state index contributed by atoms with van der Waals surface area (Å²) in [5.74, 6) is 0.0591. The molecule has 0 radical (unpaired) electrons. The third-order valence-corrected chi connectivity index (χ3v) is 5.94. The van der Waals surface area contributed by atoms with Gasteiger partial charge in [0.25, 0.3) is 5.91 Å². The molecule has 2 aromatic carbocycles. The summed E-state index contributed by atoms with van der Waals surface area (Å²) >= 11 is 0. The van der Waals surface area contributed by atoms with Crippen molar-refractivity contribution >= 4 is 5.91 Å². The van der Waals surface area contributed by atoms with Crippen molar-refractivity contribution in [1.82, 2.24) is 20.0 Å². The number of halogens is 2. The van der Waals surface area contributed by atoms with Gasteiger partial charge in [0.2, 0.25) is 11.7 Å². The monoisotopic (exact) mass is 448 g/mol. The number of H-pyrrole nitrogens is 1. The summed E-state index contributed by atoms with van der Waals surface area (Å²) in [6, 6.07) is 14.3. The predicted molar refractivity (Wildman–Crippen MR) is 118 cm³/mol. The van der Waals surface area contributed by atoms with Crippen molar-refractivity contribution < 1.29 is 18.1 Å². The minimum atomic E-state index is -0.398. The second-order valence-corrected chi connectivity index (χ2v) is 8.26. The molecule has 1 amide bonds. The minimum Gasteiger partial charge on any atom is -0.357 e. The van der Waals surface area contributed by atoms with Gasteiger partial charge >= 0.3 is 0 Å². The Morgan fingerprint density at radius 2 is 1.94 bits per heavy atom. The molecule has 8 heteroatoms. The average molecular weight is 448 g/mol. The van der Waals surface area contributed by atoms with Gasteiger partial charge in [0.05, 0.1) is 5.56 Å². The molecule has 1 unspecified atom stereocenters. The second kappa shape index (κ2) is 8.97. The molecule has 1 aliphatic heterocycles. The Morgan fingerprint density at radius 1 is 1.12 bits per heavy atom. The fourth-order valence-corrected chi connectivity index (χ4v) is 4.25. The van der Waals surface area contributed by atoms with E-state index in [0.29, 0.717) is 36.7 Å². The third-order valence-electron chi connectivity index (χ3n) is 5.94. The number of aromatic nitrogens is 3. The van der Waals surface area contributed by atoms with Crippen molar-refractivity contribution in [2.24, 2.45) is 5.92 Å². The lowest BCUT2D eigenvalue weighted by Gasteiger charge is -2.31. The van der Waals surface area contributed by atoms with Crippen LogP contribution in [-0.2, 0) is 6.42 Å². The molecule has 1 aliphatic rings. The highest BCUT2D eigenvalue weighted by Gasteiger charge is 2.27. The van der Waals surface area contributed by atoms with Crippen LogP contribution in [0.2, 0.25) is 0 Å². The number of hydrogen-bond donors (Lipinski definition) is 1. The summed E-state index contributed by atoms with van der Waals surface area (Å²) in [4.78, 5) is 22.3. The number of carbonyl (C=O) groups is 1. The zero-order chi connectivity index (χ0) is 22.8. The summed E-state index contributed by atoms with van der Waals surface area (Å²) in [6.45, 7) is 1.24. The Labute approximate surface area is 189 Å². The Kier molecular flexibility index (Phi) is 5.73. The normalized spacial score (nSPS) is 16.2. The van der Waals surface area contributed by atoms with Crippen molar-refractivity contribution in [2.75, 3.05) is 13.1 Å². The highest BCUT2D eigenvalue weighted by molar-refractivity contribution is 5.94. The van der Waals surface area contributed by atoms with Gasteiger partial charge in [-0.2, -0.15) is 4.98 Å². The van der Waals surface area contributed by atoms with Gasteiger partial charge in [-0.25, -0.2) is 8.78 Å². The van der Waals surface area contributed by atoms with Gasteiger partial charge in [-0.1, -0.05) is 29.4 Å². The van der Waals surface area contributed by atoms with E-state index in [1.165, 1.54) is 18.2 Å². The summed E-state index contributed by atoms with van der Waals surface area (Å²) < 4.78 is 32.5. The zero-order valence-corrected chi connectivity index (χ0v) is 17.8. The van der Waals surface area contributed by atoms with Crippen molar-refractivity contribution in [3.8, 4) is 22.5 Å². The molecule has 5 rings (SSSR count). The molecule has 0 spiro atoms. The highest BCUT2D eigenvalue weighted by atomic mass is 19.1. The maximum atomic E-state index is 14.0. The second-order valence-electron chi connectivity index (χ2n) is 8.26. The van der Waals surface area contributed by atoms with E-state index in [2.05, 4.69) is 15.1 Å². The molecule has 168 valence electrons. The maximum Gasteiger partial charge on any atom is 0.270 e. The Hall–Kier alpha value is -3.81. The molecule has 2 aromatic heterocycles. The molecule has 1 fully saturated rings.